The Morgan fingerprint density at radius 3 is 2.56 bits per heavy atom. The number of hydrogen-bond acceptors (Lipinski definition) is 5. The molecule has 1 heterocycles. The van der Waals surface area contributed by atoms with Gasteiger partial charge in [0.2, 0.25) is 5.89 Å². The summed E-state index contributed by atoms with van der Waals surface area (Å²) >= 11 is 0. The van der Waals surface area contributed by atoms with Gasteiger partial charge in [-0.2, -0.15) is 8.78 Å². The number of alkyl halides is 2. The normalized spacial score (nSPS) is 11.2. The van der Waals surface area contributed by atoms with E-state index in [1.807, 2.05) is 42.3 Å². The highest BCUT2D eigenvalue weighted by Gasteiger charge is 2.11. The molecule has 2 aromatic carbocycles. The van der Waals surface area contributed by atoms with Gasteiger partial charge in [-0.25, -0.2) is 4.98 Å². The molecule has 5 nitrogen and oxygen atoms in total. The lowest BCUT2D eigenvalue weighted by Gasteiger charge is -2.15. The van der Waals surface area contributed by atoms with Crippen LogP contribution in [0.3, 0.4) is 0 Å². The molecule has 0 atom stereocenters. The van der Waals surface area contributed by atoms with Crippen molar-refractivity contribution in [3.63, 3.8) is 0 Å². The Hall–Kier alpha value is -2.93. The zero-order valence-electron chi connectivity index (χ0n) is 15.1. The molecule has 27 heavy (non-hydrogen) atoms. The maximum absolute atomic E-state index is 12.3. The van der Waals surface area contributed by atoms with Crippen LogP contribution in [-0.4, -0.2) is 30.7 Å². The van der Waals surface area contributed by atoms with Crippen LogP contribution in [0.5, 0.6) is 11.5 Å². The van der Waals surface area contributed by atoms with E-state index < -0.39 is 6.61 Å². The molecule has 0 spiro atoms. The van der Waals surface area contributed by atoms with Gasteiger partial charge in [-0.15, -0.1) is 0 Å². The van der Waals surface area contributed by atoms with Crippen LogP contribution in [0.1, 0.15) is 11.5 Å². The molecule has 3 rings (SSSR count). The Morgan fingerprint density at radius 2 is 1.85 bits per heavy atom. The monoisotopic (exact) mass is 374 g/mol. The van der Waals surface area contributed by atoms with Gasteiger partial charge < -0.3 is 13.9 Å². The molecule has 0 aliphatic carbocycles. The largest absolute Gasteiger partial charge is 0.497 e. The van der Waals surface area contributed by atoms with Crippen molar-refractivity contribution in [2.24, 2.45) is 0 Å². The molecule has 142 valence electrons. The number of aromatic nitrogens is 1. The second kappa shape index (κ2) is 8.64. The standard InChI is InChI=1S/C20H20F2N2O3/c1-24(12-14-4-3-5-17(10-14)26-20(21)22)13-19-23-11-18(27-19)15-6-8-16(25-2)9-7-15/h3-11,20H,12-13H2,1-2H3. The first-order chi connectivity index (χ1) is 13.0. The number of benzene rings is 2. The lowest BCUT2D eigenvalue weighted by molar-refractivity contribution is -0.0499. The number of rotatable bonds is 8. The SMILES string of the molecule is COc1ccc(-c2cnc(CN(C)Cc3cccc(OC(F)F)c3)o2)cc1. The van der Waals surface area contributed by atoms with Gasteiger partial charge in [0.25, 0.3) is 0 Å². The summed E-state index contributed by atoms with van der Waals surface area (Å²) in [6.07, 6.45) is 1.68. The number of ether oxygens (including phenoxy) is 2. The highest BCUT2D eigenvalue weighted by molar-refractivity contribution is 5.57. The van der Waals surface area contributed by atoms with Gasteiger partial charge in [-0.3, -0.25) is 4.90 Å². The molecule has 0 N–H and O–H groups in total. The van der Waals surface area contributed by atoms with Crippen molar-refractivity contribution in [2.45, 2.75) is 19.7 Å². The lowest BCUT2D eigenvalue weighted by Crippen LogP contribution is -2.17. The minimum atomic E-state index is -2.83. The van der Waals surface area contributed by atoms with E-state index in [1.165, 1.54) is 6.07 Å². The van der Waals surface area contributed by atoms with Gasteiger partial charge in [0.15, 0.2) is 5.76 Å². The van der Waals surface area contributed by atoms with E-state index in [4.69, 9.17) is 9.15 Å². The minimum absolute atomic E-state index is 0.147. The average molecular weight is 374 g/mol. The third kappa shape index (κ3) is 5.27. The van der Waals surface area contributed by atoms with Crippen LogP contribution < -0.4 is 9.47 Å². The van der Waals surface area contributed by atoms with Crippen molar-refractivity contribution in [1.82, 2.24) is 9.88 Å². The van der Waals surface area contributed by atoms with Crippen molar-refractivity contribution in [1.29, 1.82) is 0 Å². The maximum atomic E-state index is 12.3. The van der Waals surface area contributed by atoms with Gasteiger partial charge in [0.1, 0.15) is 11.5 Å². The zero-order valence-corrected chi connectivity index (χ0v) is 15.1. The van der Waals surface area contributed by atoms with Crippen LogP contribution in [0, 0.1) is 0 Å². The van der Waals surface area contributed by atoms with E-state index in [-0.39, 0.29) is 5.75 Å². The smallest absolute Gasteiger partial charge is 0.387 e. The average Bonchev–Trinajstić information content (AvgIpc) is 3.09. The second-order valence-electron chi connectivity index (χ2n) is 6.04. The first kappa shape index (κ1) is 18.8. The highest BCUT2D eigenvalue weighted by Crippen LogP contribution is 2.24. The van der Waals surface area contributed by atoms with Crippen LogP contribution >= 0.6 is 0 Å². The van der Waals surface area contributed by atoms with E-state index in [9.17, 15) is 8.78 Å². The first-order valence-electron chi connectivity index (χ1n) is 8.35. The second-order valence-corrected chi connectivity index (χ2v) is 6.04. The Labute approximate surface area is 156 Å². The number of oxazole rings is 1. The van der Waals surface area contributed by atoms with Crippen LogP contribution in [0.25, 0.3) is 11.3 Å². The van der Waals surface area contributed by atoms with E-state index >= 15 is 0 Å². The molecule has 0 aliphatic heterocycles. The Bertz CT molecular complexity index is 866. The summed E-state index contributed by atoms with van der Waals surface area (Å²) in [5.41, 5.74) is 1.77. The third-order valence-electron chi connectivity index (χ3n) is 3.91. The topological polar surface area (TPSA) is 47.7 Å². The van der Waals surface area contributed by atoms with E-state index in [0.717, 1.165) is 16.9 Å². The summed E-state index contributed by atoms with van der Waals surface area (Å²) in [4.78, 5) is 6.29. The maximum Gasteiger partial charge on any atom is 0.387 e. The summed E-state index contributed by atoms with van der Waals surface area (Å²) in [7, 11) is 3.52. The summed E-state index contributed by atoms with van der Waals surface area (Å²) in [5, 5.41) is 0. The molecular formula is C20H20F2N2O3. The summed E-state index contributed by atoms with van der Waals surface area (Å²) in [5.74, 6) is 2.17. The van der Waals surface area contributed by atoms with Gasteiger partial charge in [-0.1, -0.05) is 12.1 Å². The van der Waals surface area contributed by atoms with Crippen molar-refractivity contribution < 1.29 is 22.7 Å². The zero-order chi connectivity index (χ0) is 19.2. The Balaban J connectivity index is 1.61. The molecular weight excluding hydrogens is 354 g/mol. The Morgan fingerprint density at radius 1 is 1.07 bits per heavy atom. The molecule has 0 radical (unpaired) electrons. The number of halogens is 2. The van der Waals surface area contributed by atoms with Gasteiger partial charge in [0.05, 0.1) is 19.9 Å². The number of hydrogen-bond donors (Lipinski definition) is 0. The molecule has 0 saturated heterocycles. The van der Waals surface area contributed by atoms with E-state index in [1.54, 1.807) is 25.4 Å². The van der Waals surface area contributed by atoms with Gasteiger partial charge in [-0.05, 0) is 49.0 Å². The molecule has 0 amide bonds. The fraction of sp³-hybridized carbons (Fsp3) is 0.250. The van der Waals surface area contributed by atoms with Crippen molar-refractivity contribution in [3.8, 4) is 22.8 Å². The number of methoxy groups -OCH3 is 1. The quantitative estimate of drug-likeness (QED) is 0.577. The first-order valence-corrected chi connectivity index (χ1v) is 8.35. The van der Waals surface area contributed by atoms with Crippen LogP contribution in [-0.2, 0) is 13.1 Å². The fourth-order valence-corrected chi connectivity index (χ4v) is 2.69. The molecule has 0 bridgehead atoms. The van der Waals surface area contributed by atoms with Crippen LogP contribution in [0.15, 0.2) is 59.1 Å². The molecule has 0 aliphatic rings. The molecule has 3 aromatic rings. The van der Waals surface area contributed by atoms with Crippen LogP contribution in [0.2, 0.25) is 0 Å². The lowest BCUT2D eigenvalue weighted by atomic mass is 10.2. The Kier molecular flexibility index (Phi) is 6.03. The van der Waals surface area contributed by atoms with Crippen molar-refractivity contribution in [3.05, 3.63) is 66.2 Å². The molecule has 0 fully saturated rings. The molecule has 1 aromatic heterocycles. The summed E-state index contributed by atoms with van der Waals surface area (Å²) < 4.78 is 40.0. The molecule has 0 saturated carbocycles. The van der Waals surface area contributed by atoms with Crippen LogP contribution in [0.4, 0.5) is 8.78 Å². The summed E-state index contributed by atoms with van der Waals surface area (Å²) in [6, 6.07) is 14.2. The number of nitrogens with zero attached hydrogens (tertiary/aromatic N) is 2. The van der Waals surface area contributed by atoms with Gasteiger partial charge >= 0.3 is 6.61 Å². The fourth-order valence-electron chi connectivity index (χ4n) is 2.69. The third-order valence-corrected chi connectivity index (χ3v) is 3.91. The summed E-state index contributed by atoms with van der Waals surface area (Å²) in [6.45, 7) is -1.81. The van der Waals surface area contributed by atoms with Crippen molar-refractivity contribution in [2.75, 3.05) is 14.2 Å². The predicted molar refractivity (Wildman–Crippen MR) is 96.7 cm³/mol. The highest BCUT2D eigenvalue weighted by atomic mass is 19.3. The molecule has 0 unspecified atom stereocenters. The van der Waals surface area contributed by atoms with Crippen molar-refractivity contribution >= 4 is 0 Å². The molecule has 7 heteroatoms. The van der Waals surface area contributed by atoms with Gasteiger partial charge in [0, 0.05) is 12.1 Å². The van der Waals surface area contributed by atoms with E-state index in [0.29, 0.717) is 24.7 Å². The predicted octanol–water partition coefficient (Wildman–Crippen LogP) is 4.58. The minimum Gasteiger partial charge on any atom is -0.497 e. The van der Waals surface area contributed by atoms with E-state index in [2.05, 4.69) is 9.72 Å².